The Morgan fingerprint density at radius 1 is 1.10 bits per heavy atom. The zero-order chi connectivity index (χ0) is 20.4. The average Bonchev–Trinajstić information content (AvgIpc) is 3.01. The minimum absolute atomic E-state index is 0.0238. The molecule has 3 aromatic rings. The number of aliphatic hydroxyl groups is 1. The van der Waals surface area contributed by atoms with Gasteiger partial charge in [-0.15, -0.1) is 0 Å². The van der Waals surface area contributed by atoms with Crippen LogP contribution in [0.3, 0.4) is 0 Å². The first-order valence-electron chi connectivity index (χ1n) is 8.93. The van der Waals surface area contributed by atoms with E-state index in [1.54, 1.807) is 36.4 Å². The molecule has 2 aromatic carbocycles. The van der Waals surface area contributed by atoms with Crippen LogP contribution in [0.5, 0.6) is 0 Å². The number of aliphatic hydroxyl groups excluding tert-OH is 1. The van der Waals surface area contributed by atoms with Gasteiger partial charge in [-0.25, -0.2) is 9.78 Å². The summed E-state index contributed by atoms with van der Waals surface area (Å²) in [6.07, 6.45) is -0.702. The van der Waals surface area contributed by atoms with E-state index >= 15 is 0 Å². The lowest BCUT2D eigenvalue weighted by molar-refractivity contribution is 0.0572. The lowest BCUT2D eigenvalue weighted by Crippen LogP contribution is -2.22. The average molecular weight is 395 g/mol. The summed E-state index contributed by atoms with van der Waals surface area (Å²) < 4.78 is 11.3. The molecule has 0 saturated carbocycles. The van der Waals surface area contributed by atoms with Crippen molar-refractivity contribution in [2.75, 3.05) is 31.7 Å². The van der Waals surface area contributed by atoms with Gasteiger partial charge in [0, 0.05) is 5.69 Å². The molecular weight excluding hydrogens is 378 g/mol. The third-order valence-corrected chi connectivity index (χ3v) is 4.40. The van der Waals surface area contributed by atoms with Crippen molar-refractivity contribution in [3.8, 4) is 5.69 Å². The fourth-order valence-electron chi connectivity index (χ4n) is 3.13. The largest absolute Gasteiger partial charge is 0.447 e. The highest BCUT2D eigenvalue weighted by Gasteiger charge is 2.29. The molecular formula is C20H17N3O6. The predicted molar refractivity (Wildman–Crippen MR) is 104 cm³/mol. The van der Waals surface area contributed by atoms with Crippen molar-refractivity contribution >= 4 is 28.5 Å². The Labute approximate surface area is 164 Å². The van der Waals surface area contributed by atoms with Crippen LogP contribution < -0.4 is 10.9 Å². The van der Waals surface area contributed by atoms with E-state index in [9.17, 15) is 14.4 Å². The summed E-state index contributed by atoms with van der Waals surface area (Å²) in [7, 11) is 0. The van der Waals surface area contributed by atoms with Crippen LogP contribution in [-0.2, 0) is 9.47 Å². The van der Waals surface area contributed by atoms with Gasteiger partial charge in [0.05, 0.1) is 42.0 Å². The van der Waals surface area contributed by atoms with Crippen molar-refractivity contribution in [3.05, 3.63) is 64.2 Å². The van der Waals surface area contributed by atoms with E-state index in [1.165, 1.54) is 10.6 Å². The summed E-state index contributed by atoms with van der Waals surface area (Å²) in [5.74, 6) is -0.222. The van der Waals surface area contributed by atoms with Crippen molar-refractivity contribution in [1.82, 2.24) is 9.55 Å². The fourth-order valence-corrected chi connectivity index (χ4v) is 3.13. The Hall–Kier alpha value is -3.56. The molecule has 1 amide bonds. The van der Waals surface area contributed by atoms with Gasteiger partial charge in [-0.1, -0.05) is 12.1 Å². The maximum absolute atomic E-state index is 13.0. The maximum Gasteiger partial charge on any atom is 0.411 e. The molecule has 0 fully saturated rings. The van der Waals surface area contributed by atoms with Crippen LogP contribution in [-0.4, -0.2) is 53.0 Å². The second-order valence-corrected chi connectivity index (χ2v) is 6.25. The van der Waals surface area contributed by atoms with E-state index in [4.69, 9.17) is 14.6 Å². The Bertz CT molecular complexity index is 1170. The van der Waals surface area contributed by atoms with E-state index in [2.05, 4.69) is 10.3 Å². The summed E-state index contributed by atoms with van der Waals surface area (Å²) in [6.45, 7) is 0.252. The molecule has 29 heavy (non-hydrogen) atoms. The molecule has 0 atom stereocenters. The number of aromatic nitrogens is 2. The number of benzene rings is 2. The third kappa shape index (κ3) is 3.48. The van der Waals surface area contributed by atoms with Gasteiger partial charge in [0.25, 0.3) is 5.56 Å². The summed E-state index contributed by atoms with van der Waals surface area (Å²) in [6, 6.07) is 11.5. The topological polar surface area (TPSA) is 120 Å². The van der Waals surface area contributed by atoms with Crippen molar-refractivity contribution in [1.29, 1.82) is 0 Å². The Morgan fingerprint density at radius 2 is 1.93 bits per heavy atom. The molecule has 1 aliphatic rings. The number of para-hydroxylation sites is 1. The van der Waals surface area contributed by atoms with Crippen molar-refractivity contribution < 1.29 is 24.2 Å². The highest BCUT2D eigenvalue weighted by molar-refractivity contribution is 6.13. The molecule has 0 saturated heterocycles. The minimum atomic E-state index is -0.702. The highest BCUT2D eigenvalue weighted by atomic mass is 16.6. The number of ketones is 1. The number of nitrogens with one attached hydrogen (secondary N) is 1. The number of ether oxygens (including phenoxy) is 2. The quantitative estimate of drug-likeness (QED) is 0.475. The van der Waals surface area contributed by atoms with Gasteiger partial charge in [-0.05, 0) is 30.3 Å². The molecule has 0 spiro atoms. The van der Waals surface area contributed by atoms with Gasteiger partial charge in [0.2, 0.25) is 5.78 Å². The van der Waals surface area contributed by atoms with Gasteiger partial charge in [0.1, 0.15) is 6.61 Å². The highest BCUT2D eigenvalue weighted by Crippen LogP contribution is 2.26. The monoisotopic (exact) mass is 395 g/mol. The third-order valence-electron chi connectivity index (χ3n) is 4.40. The van der Waals surface area contributed by atoms with Gasteiger partial charge < -0.3 is 14.6 Å². The zero-order valence-corrected chi connectivity index (χ0v) is 15.3. The van der Waals surface area contributed by atoms with E-state index in [0.29, 0.717) is 22.5 Å². The van der Waals surface area contributed by atoms with Crippen LogP contribution in [0.25, 0.3) is 16.6 Å². The maximum atomic E-state index is 13.0. The molecule has 1 aliphatic heterocycles. The van der Waals surface area contributed by atoms with Crippen LogP contribution in [0.2, 0.25) is 0 Å². The summed E-state index contributed by atoms with van der Waals surface area (Å²) >= 11 is 0. The summed E-state index contributed by atoms with van der Waals surface area (Å²) in [5, 5.41) is 11.4. The number of amides is 1. The lowest BCUT2D eigenvalue weighted by Gasteiger charge is -2.09. The molecule has 2 heterocycles. The molecule has 0 unspecified atom stereocenters. The summed E-state index contributed by atoms with van der Waals surface area (Å²) in [4.78, 5) is 41.8. The van der Waals surface area contributed by atoms with Crippen LogP contribution >= 0.6 is 0 Å². The second-order valence-electron chi connectivity index (χ2n) is 6.25. The van der Waals surface area contributed by atoms with Gasteiger partial charge in [0.15, 0.2) is 5.82 Å². The molecule has 4 rings (SSSR count). The number of rotatable bonds is 6. The molecule has 9 nitrogen and oxygen atoms in total. The van der Waals surface area contributed by atoms with Crippen LogP contribution in [0.15, 0.2) is 47.3 Å². The number of hydrogen-bond donors (Lipinski definition) is 2. The normalized spacial score (nSPS) is 12.0. The SMILES string of the molecule is O=C(Nc1ccc2nc3n(c(=O)c2c1)-c1ccccc1C3=O)OCCOCCO. The van der Waals surface area contributed by atoms with E-state index in [-0.39, 0.29) is 43.4 Å². The number of fused-ring (bicyclic) bond motifs is 4. The van der Waals surface area contributed by atoms with Crippen molar-refractivity contribution in [2.24, 2.45) is 0 Å². The molecule has 148 valence electrons. The van der Waals surface area contributed by atoms with Crippen molar-refractivity contribution in [3.63, 3.8) is 0 Å². The van der Waals surface area contributed by atoms with Crippen LogP contribution in [0.4, 0.5) is 10.5 Å². The first kappa shape index (κ1) is 18.8. The molecule has 0 radical (unpaired) electrons. The second kappa shape index (κ2) is 7.82. The lowest BCUT2D eigenvalue weighted by atomic mass is 10.1. The number of carbonyl (C=O) groups excluding carboxylic acids is 2. The fraction of sp³-hybridized carbons (Fsp3) is 0.200. The number of anilines is 1. The molecule has 9 heteroatoms. The molecule has 0 aliphatic carbocycles. The molecule has 1 aromatic heterocycles. The van der Waals surface area contributed by atoms with Gasteiger partial charge in [-0.2, -0.15) is 0 Å². The first-order chi connectivity index (χ1) is 14.1. The van der Waals surface area contributed by atoms with E-state index < -0.39 is 11.7 Å². The predicted octanol–water partition coefficient (Wildman–Crippen LogP) is 1.49. The Balaban J connectivity index is 1.60. The van der Waals surface area contributed by atoms with Crippen LogP contribution in [0.1, 0.15) is 16.2 Å². The first-order valence-corrected chi connectivity index (χ1v) is 8.93. The zero-order valence-electron chi connectivity index (χ0n) is 15.3. The minimum Gasteiger partial charge on any atom is -0.447 e. The van der Waals surface area contributed by atoms with Crippen molar-refractivity contribution in [2.45, 2.75) is 0 Å². The summed E-state index contributed by atoms with van der Waals surface area (Å²) in [5.41, 5.74) is 1.25. The van der Waals surface area contributed by atoms with Gasteiger partial charge in [-0.3, -0.25) is 19.5 Å². The Morgan fingerprint density at radius 3 is 2.76 bits per heavy atom. The van der Waals surface area contributed by atoms with E-state index in [0.717, 1.165) is 0 Å². The molecule has 0 bridgehead atoms. The molecule has 2 N–H and O–H groups in total. The van der Waals surface area contributed by atoms with Gasteiger partial charge >= 0.3 is 6.09 Å². The number of hydrogen-bond acceptors (Lipinski definition) is 7. The number of nitrogens with zero attached hydrogens (tertiary/aromatic N) is 2. The van der Waals surface area contributed by atoms with Crippen LogP contribution in [0, 0.1) is 0 Å². The number of carbonyl (C=O) groups is 2. The Kier molecular flexibility index (Phi) is 5.07. The van der Waals surface area contributed by atoms with E-state index in [1.807, 2.05) is 0 Å². The standard InChI is InChI=1S/C20H17N3O6/c24-7-8-28-9-10-29-20(27)21-12-5-6-15-14(11-12)19(26)23-16-4-2-1-3-13(16)17(25)18(23)22-15/h1-6,11,24H,7-10H2,(H,21,27). The smallest absolute Gasteiger partial charge is 0.411 e.